The predicted molar refractivity (Wildman–Crippen MR) is 95.7 cm³/mol. The van der Waals surface area contributed by atoms with Gasteiger partial charge >= 0.3 is 0 Å². The number of amides is 2. The fourth-order valence-corrected chi connectivity index (χ4v) is 3.24. The first-order chi connectivity index (χ1) is 11.9. The zero-order chi connectivity index (χ0) is 18.1. The lowest BCUT2D eigenvalue weighted by Crippen LogP contribution is -2.57. The van der Waals surface area contributed by atoms with Gasteiger partial charge in [-0.15, -0.1) is 0 Å². The molecule has 0 unspecified atom stereocenters. The molecule has 130 valence electrons. The zero-order valence-electron chi connectivity index (χ0n) is 13.4. The normalized spacial score (nSPS) is 17.8. The second-order valence-corrected chi connectivity index (χ2v) is 6.56. The molecule has 1 heterocycles. The molecule has 0 spiro atoms. The van der Waals surface area contributed by atoms with E-state index in [1.807, 2.05) is 0 Å². The Morgan fingerprint density at radius 3 is 2.52 bits per heavy atom. The van der Waals surface area contributed by atoms with Crippen LogP contribution in [0.2, 0.25) is 10.0 Å². The van der Waals surface area contributed by atoms with Crippen molar-refractivity contribution in [2.24, 2.45) is 0 Å². The Morgan fingerprint density at radius 2 is 1.84 bits per heavy atom. The molecule has 0 N–H and O–H groups in total. The van der Waals surface area contributed by atoms with E-state index in [2.05, 4.69) is 0 Å². The first kappa shape index (κ1) is 17.7. The molecule has 1 atom stereocenters. The lowest BCUT2D eigenvalue weighted by atomic mass is 10.1. The van der Waals surface area contributed by atoms with E-state index in [1.54, 1.807) is 31.2 Å². The van der Waals surface area contributed by atoms with Crippen molar-refractivity contribution in [3.63, 3.8) is 0 Å². The highest BCUT2D eigenvalue weighted by atomic mass is 35.5. The second kappa shape index (κ2) is 7.02. The van der Waals surface area contributed by atoms with Crippen molar-refractivity contribution in [1.29, 1.82) is 0 Å². The fraction of sp³-hybridized carbons (Fsp3) is 0.222. The number of piperazine rings is 1. The molecular weight excluding hydrogens is 366 g/mol. The topological polar surface area (TPSA) is 40.6 Å². The maximum atomic E-state index is 13.3. The van der Waals surface area contributed by atoms with Crippen LogP contribution in [-0.2, 0) is 4.79 Å². The molecule has 4 nitrogen and oxygen atoms in total. The molecule has 0 aliphatic carbocycles. The largest absolute Gasteiger partial charge is 0.325 e. The van der Waals surface area contributed by atoms with E-state index in [0.717, 1.165) is 0 Å². The van der Waals surface area contributed by atoms with Crippen molar-refractivity contribution in [2.45, 2.75) is 13.0 Å². The summed E-state index contributed by atoms with van der Waals surface area (Å²) < 4.78 is 13.3. The van der Waals surface area contributed by atoms with Crippen LogP contribution in [0.3, 0.4) is 0 Å². The standard InChI is InChI=1S/C18H15Cl2FN2O2/c1-11-17(24)23(12-6-7-16(21)15(20)10-12)9-8-22(11)18(25)13-4-2-3-5-14(13)19/h2-7,10-11H,8-9H2,1H3/t11-/m0/s1. The zero-order valence-corrected chi connectivity index (χ0v) is 14.9. The van der Waals surface area contributed by atoms with Gasteiger partial charge in [0.2, 0.25) is 5.91 Å². The Hall–Kier alpha value is -2.11. The molecule has 2 aromatic rings. The predicted octanol–water partition coefficient (Wildman–Crippen LogP) is 4.01. The van der Waals surface area contributed by atoms with E-state index < -0.39 is 11.9 Å². The van der Waals surface area contributed by atoms with E-state index in [4.69, 9.17) is 23.2 Å². The number of hydrogen-bond acceptors (Lipinski definition) is 2. The van der Waals surface area contributed by atoms with Crippen LogP contribution in [0.4, 0.5) is 10.1 Å². The van der Waals surface area contributed by atoms with Gasteiger partial charge in [-0.2, -0.15) is 0 Å². The van der Waals surface area contributed by atoms with Crippen LogP contribution in [0.5, 0.6) is 0 Å². The van der Waals surface area contributed by atoms with E-state index in [-0.39, 0.29) is 16.8 Å². The number of carbonyl (C=O) groups is 2. The molecule has 0 saturated carbocycles. The molecule has 0 radical (unpaired) electrons. The summed E-state index contributed by atoms with van der Waals surface area (Å²) in [7, 11) is 0. The summed E-state index contributed by atoms with van der Waals surface area (Å²) in [5.41, 5.74) is 0.871. The van der Waals surface area contributed by atoms with Gasteiger partial charge in [0, 0.05) is 18.8 Å². The number of benzene rings is 2. The molecule has 2 amide bonds. The van der Waals surface area contributed by atoms with Crippen molar-refractivity contribution in [3.05, 3.63) is 63.9 Å². The fourth-order valence-electron chi connectivity index (χ4n) is 2.85. The SMILES string of the molecule is C[C@H]1C(=O)N(c2ccc(F)c(Cl)c2)CCN1C(=O)c1ccccc1Cl. The molecule has 1 fully saturated rings. The van der Waals surface area contributed by atoms with E-state index in [0.29, 0.717) is 29.4 Å². The van der Waals surface area contributed by atoms with Gasteiger partial charge in [-0.3, -0.25) is 9.59 Å². The molecule has 0 aromatic heterocycles. The Morgan fingerprint density at radius 1 is 1.12 bits per heavy atom. The van der Waals surface area contributed by atoms with Crippen LogP contribution in [0.25, 0.3) is 0 Å². The monoisotopic (exact) mass is 380 g/mol. The third-order valence-electron chi connectivity index (χ3n) is 4.24. The average molecular weight is 381 g/mol. The minimum atomic E-state index is -0.665. The van der Waals surface area contributed by atoms with Gasteiger partial charge < -0.3 is 9.80 Å². The van der Waals surface area contributed by atoms with Crippen LogP contribution in [0, 0.1) is 5.82 Å². The van der Waals surface area contributed by atoms with Crippen LogP contribution in [0.1, 0.15) is 17.3 Å². The highest BCUT2D eigenvalue weighted by molar-refractivity contribution is 6.34. The van der Waals surface area contributed by atoms with Gasteiger partial charge in [0.15, 0.2) is 0 Å². The summed E-state index contributed by atoms with van der Waals surface area (Å²) in [5.74, 6) is -1.09. The molecule has 25 heavy (non-hydrogen) atoms. The number of halogens is 3. The molecule has 2 aromatic carbocycles. The van der Waals surface area contributed by atoms with Crippen molar-refractivity contribution < 1.29 is 14.0 Å². The Balaban J connectivity index is 1.83. The third kappa shape index (κ3) is 3.34. The van der Waals surface area contributed by atoms with E-state index in [9.17, 15) is 14.0 Å². The molecule has 3 rings (SSSR count). The highest BCUT2D eigenvalue weighted by Crippen LogP contribution is 2.27. The van der Waals surface area contributed by atoms with Gasteiger partial charge in [-0.05, 0) is 37.3 Å². The molecule has 1 aliphatic heterocycles. The van der Waals surface area contributed by atoms with Crippen LogP contribution in [0.15, 0.2) is 42.5 Å². The van der Waals surface area contributed by atoms with Gasteiger partial charge in [-0.25, -0.2) is 4.39 Å². The Labute approximate surface area is 154 Å². The summed E-state index contributed by atoms with van der Waals surface area (Å²) in [4.78, 5) is 28.4. The first-order valence-electron chi connectivity index (χ1n) is 7.72. The smallest absolute Gasteiger partial charge is 0.256 e. The molecular formula is C18H15Cl2FN2O2. The summed E-state index contributed by atoms with van der Waals surface area (Å²) in [6.07, 6.45) is 0. The quantitative estimate of drug-likeness (QED) is 0.789. The van der Waals surface area contributed by atoms with Crippen LogP contribution in [-0.4, -0.2) is 35.8 Å². The van der Waals surface area contributed by atoms with Crippen molar-refractivity contribution >= 4 is 40.7 Å². The number of rotatable bonds is 2. The number of carbonyl (C=O) groups excluding carboxylic acids is 2. The summed E-state index contributed by atoms with van der Waals surface area (Å²) in [6.45, 7) is 2.29. The van der Waals surface area contributed by atoms with Gasteiger partial charge in [0.25, 0.3) is 5.91 Å². The van der Waals surface area contributed by atoms with E-state index >= 15 is 0 Å². The summed E-state index contributed by atoms with van der Waals surface area (Å²) in [5, 5.41) is 0.299. The molecule has 1 aliphatic rings. The summed E-state index contributed by atoms with van der Waals surface area (Å²) >= 11 is 11.9. The average Bonchev–Trinajstić information content (AvgIpc) is 2.60. The minimum Gasteiger partial charge on any atom is -0.325 e. The summed E-state index contributed by atoms with van der Waals surface area (Å²) in [6, 6.07) is 10.2. The minimum absolute atomic E-state index is 0.0486. The second-order valence-electron chi connectivity index (χ2n) is 5.74. The number of hydrogen-bond donors (Lipinski definition) is 0. The van der Waals surface area contributed by atoms with Crippen molar-refractivity contribution in [1.82, 2.24) is 4.90 Å². The van der Waals surface area contributed by atoms with E-state index in [1.165, 1.54) is 28.0 Å². The van der Waals surface area contributed by atoms with Crippen LogP contribution >= 0.6 is 23.2 Å². The van der Waals surface area contributed by atoms with Gasteiger partial charge in [0.05, 0.1) is 15.6 Å². The number of nitrogens with zero attached hydrogens (tertiary/aromatic N) is 2. The van der Waals surface area contributed by atoms with Crippen molar-refractivity contribution in [2.75, 3.05) is 18.0 Å². The van der Waals surface area contributed by atoms with Gasteiger partial charge in [-0.1, -0.05) is 35.3 Å². The van der Waals surface area contributed by atoms with Crippen LogP contribution < -0.4 is 4.90 Å². The molecule has 7 heteroatoms. The highest BCUT2D eigenvalue weighted by Gasteiger charge is 2.36. The molecule has 1 saturated heterocycles. The molecule has 0 bridgehead atoms. The third-order valence-corrected chi connectivity index (χ3v) is 4.85. The first-order valence-corrected chi connectivity index (χ1v) is 8.47. The maximum absolute atomic E-state index is 13.3. The lowest BCUT2D eigenvalue weighted by Gasteiger charge is -2.39. The number of anilines is 1. The van der Waals surface area contributed by atoms with Crippen molar-refractivity contribution in [3.8, 4) is 0 Å². The Bertz CT molecular complexity index is 844. The van der Waals surface area contributed by atoms with Gasteiger partial charge in [0.1, 0.15) is 11.9 Å². The maximum Gasteiger partial charge on any atom is 0.256 e. The Kier molecular flexibility index (Phi) is 4.97. The lowest BCUT2D eigenvalue weighted by molar-refractivity contribution is -0.124.